The average molecular weight is 222 g/mol. The van der Waals surface area contributed by atoms with Crippen LogP contribution in [0.25, 0.3) is 0 Å². The lowest BCUT2D eigenvalue weighted by Crippen LogP contribution is -2.15. The number of nitrogens with two attached hydrogens (primary N) is 1. The van der Waals surface area contributed by atoms with Gasteiger partial charge in [-0.05, 0) is 18.6 Å². The number of rotatable bonds is 6. The van der Waals surface area contributed by atoms with Crippen molar-refractivity contribution < 1.29 is 14.7 Å². The van der Waals surface area contributed by atoms with Crippen molar-refractivity contribution in [2.45, 2.75) is 12.8 Å². The molecule has 1 rings (SSSR count). The van der Waals surface area contributed by atoms with E-state index in [2.05, 4.69) is 5.32 Å². The van der Waals surface area contributed by atoms with Gasteiger partial charge in [-0.1, -0.05) is 12.1 Å². The number of aliphatic carboxylic acids is 1. The molecule has 0 atom stereocenters. The van der Waals surface area contributed by atoms with E-state index in [1.165, 1.54) is 0 Å². The van der Waals surface area contributed by atoms with E-state index in [4.69, 9.17) is 10.8 Å². The van der Waals surface area contributed by atoms with E-state index in [1.54, 1.807) is 24.3 Å². The number of hydrogen-bond donors (Lipinski definition) is 3. The zero-order valence-corrected chi connectivity index (χ0v) is 8.77. The molecule has 86 valence electrons. The predicted molar refractivity (Wildman–Crippen MR) is 60.3 cm³/mol. The van der Waals surface area contributed by atoms with Crippen molar-refractivity contribution in [3.05, 3.63) is 29.8 Å². The van der Waals surface area contributed by atoms with Crippen LogP contribution in [-0.2, 0) is 4.79 Å². The highest BCUT2D eigenvalue weighted by Crippen LogP contribution is 2.13. The van der Waals surface area contributed by atoms with Gasteiger partial charge in [0.05, 0.1) is 5.56 Å². The molecule has 0 fully saturated rings. The summed E-state index contributed by atoms with van der Waals surface area (Å²) < 4.78 is 0. The van der Waals surface area contributed by atoms with Crippen LogP contribution in [0.3, 0.4) is 0 Å². The Hall–Kier alpha value is -2.04. The van der Waals surface area contributed by atoms with Gasteiger partial charge in [0.25, 0.3) is 5.91 Å². The second-order valence-corrected chi connectivity index (χ2v) is 3.33. The van der Waals surface area contributed by atoms with Crippen molar-refractivity contribution in [1.82, 2.24) is 0 Å². The summed E-state index contributed by atoms with van der Waals surface area (Å²) in [6.07, 6.45) is 0.605. The lowest BCUT2D eigenvalue weighted by Gasteiger charge is -2.08. The van der Waals surface area contributed by atoms with Gasteiger partial charge in [0.2, 0.25) is 0 Å². The molecule has 1 amide bonds. The minimum absolute atomic E-state index is 0.103. The van der Waals surface area contributed by atoms with E-state index < -0.39 is 11.9 Å². The number of carbonyl (C=O) groups excluding carboxylic acids is 1. The van der Waals surface area contributed by atoms with E-state index >= 15 is 0 Å². The van der Waals surface area contributed by atoms with Crippen LogP contribution in [0.5, 0.6) is 0 Å². The summed E-state index contributed by atoms with van der Waals surface area (Å²) in [5.74, 6) is -1.33. The van der Waals surface area contributed by atoms with Crippen LogP contribution in [0, 0.1) is 0 Å². The molecule has 0 aliphatic heterocycles. The number of amides is 1. The molecule has 0 saturated carbocycles. The summed E-state index contributed by atoms with van der Waals surface area (Å²) in [4.78, 5) is 21.3. The van der Waals surface area contributed by atoms with Crippen LogP contribution in [0.15, 0.2) is 24.3 Å². The molecular formula is C11H14N2O3. The van der Waals surface area contributed by atoms with E-state index in [1.807, 2.05) is 0 Å². The third-order valence-corrected chi connectivity index (χ3v) is 2.08. The van der Waals surface area contributed by atoms with Gasteiger partial charge >= 0.3 is 5.97 Å². The second-order valence-electron chi connectivity index (χ2n) is 3.33. The highest BCUT2D eigenvalue weighted by atomic mass is 16.4. The number of hydrogen-bond acceptors (Lipinski definition) is 3. The van der Waals surface area contributed by atoms with Crippen LogP contribution in [-0.4, -0.2) is 23.5 Å². The van der Waals surface area contributed by atoms with Gasteiger partial charge in [-0.15, -0.1) is 0 Å². The van der Waals surface area contributed by atoms with Gasteiger partial charge in [-0.2, -0.15) is 0 Å². The Balaban J connectivity index is 2.53. The average Bonchev–Trinajstić information content (AvgIpc) is 2.24. The predicted octanol–water partition coefficient (Wildman–Crippen LogP) is 1.06. The molecule has 16 heavy (non-hydrogen) atoms. The second kappa shape index (κ2) is 5.75. The molecule has 0 aliphatic rings. The maximum atomic E-state index is 11.1. The number of carbonyl (C=O) groups is 2. The Bertz CT molecular complexity index is 391. The Labute approximate surface area is 93.3 Å². The summed E-state index contributed by atoms with van der Waals surface area (Å²) in [5, 5.41) is 11.4. The molecule has 0 aliphatic carbocycles. The van der Waals surface area contributed by atoms with Gasteiger partial charge < -0.3 is 16.2 Å². The van der Waals surface area contributed by atoms with Crippen molar-refractivity contribution in [2.24, 2.45) is 5.73 Å². The quantitative estimate of drug-likeness (QED) is 0.627. The molecule has 0 unspecified atom stereocenters. The van der Waals surface area contributed by atoms with Crippen molar-refractivity contribution >= 4 is 17.6 Å². The summed E-state index contributed by atoms with van der Waals surface area (Å²) in [5.41, 5.74) is 6.25. The fourth-order valence-electron chi connectivity index (χ4n) is 1.31. The monoisotopic (exact) mass is 222 g/mol. The third-order valence-electron chi connectivity index (χ3n) is 2.08. The van der Waals surface area contributed by atoms with Gasteiger partial charge in [0, 0.05) is 18.7 Å². The first-order valence-corrected chi connectivity index (χ1v) is 4.95. The number of carboxylic acids is 1. The molecular weight excluding hydrogens is 208 g/mol. The Kier molecular flexibility index (Phi) is 4.32. The highest BCUT2D eigenvalue weighted by Gasteiger charge is 2.06. The minimum atomic E-state index is -0.829. The first-order chi connectivity index (χ1) is 7.61. The molecule has 1 aromatic carbocycles. The van der Waals surface area contributed by atoms with Crippen LogP contribution in [0.2, 0.25) is 0 Å². The first-order valence-electron chi connectivity index (χ1n) is 4.95. The van der Waals surface area contributed by atoms with Crippen molar-refractivity contribution in [2.75, 3.05) is 11.9 Å². The summed E-state index contributed by atoms with van der Waals surface area (Å²) in [7, 11) is 0. The number of anilines is 1. The van der Waals surface area contributed by atoms with Crippen molar-refractivity contribution in [3.63, 3.8) is 0 Å². The van der Waals surface area contributed by atoms with Crippen molar-refractivity contribution in [3.8, 4) is 0 Å². The Morgan fingerprint density at radius 3 is 2.62 bits per heavy atom. The molecule has 0 bridgehead atoms. The van der Waals surface area contributed by atoms with E-state index in [0.717, 1.165) is 0 Å². The van der Waals surface area contributed by atoms with E-state index in [0.29, 0.717) is 24.2 Å². The molecule has 5 nitrogen and oxygen atoms in total. The summed E-state index contributed by atoms with van der Waals surface area (Å²) in [6.45, 7) is 0.497. The molecule has 4 N–H and O–H groups in total. The fourth-order valence-corrected chi connectivity index (χ4v) is 1.31. The van der Waals surface area contributed by atoms with Gasteiger partial charge in [0.15, 0.2) is 0 Å². The lowest BCUT2D eigenvalue weighted by molar-refractivity contribution is -0.137. The number of para-hydroxylation sites is 1. The third kappa shape index (κ3) is 3.61. The van der Waals surface area contributed by atoms with Crippen LogP contribution >= 0.6 is 0 Å². The molecule has 5 heteroatoms. The number of primary amides is 1. The molecule has 0 radical (unpaired) electrons. The number of benzene rings is 1. The van der Waals surface area contributed by atoms with Crippen LogP contribution in [0.4, 0.5) is 5.69 Å². The van der Waals surface area contributed by atoms with E-state index in [9.17, 15) is 9.59 Å². The molecule has 0 aromatic heterocycles. The van der Waals surface area contributed by atoms with Crippen molar-refractivity contribution in [1.29, 1.82) is 0 Å². The standard InChI is InChI=1S/C11H14N2O3/c12-11(16)8-4-1-2-5-9(8)13-7-3-6-10(14)15/h1-2,4-5,13H,3,6-7H2,(H2,12,16)(H,14,15). The molecule has 1 aromatic rings. The molecule has 0 heterocycles. The maximum absolute atomic E-state index is 11.1. The Morgan fingerprint density at radius 2 is 2.00 bits per heavy atom. The van der Waals surface area contributed by atoms with Gasteiger partial charge in [-0.3, -0.25) is 9.59 Å². The normalized spacial score (nSPS) is 9.75. The maximum Gasteiger partial charge on any atom is 0.303 e. The first kappa shape index (κ1) is 12.0. The lowest BCUT2D eigenvalue weighted by atomic mass is 10.1. The van der Waals surface area contributed by atoms with Crippen LogP contribution in [0.1, 0.15) is 23.2 Å². The SMILES string of the molecule is NC(=O)c1ccccc1NCCCC(=O)O. The zero-order chi connectivity index (χ0) is 12.0. The van der Waals surface area contributed by atoms with Gasteiger partial charge in [0.1, 0.15) is 0 Å². The zero-order valence-electron chi connectivity index (χ0n) is 8.77. The largest absolute Gasteiger partial charge is 0.481 e. The fraction of sp³-hybridized carbons (Fsp3) is 0.273. The number of nitrogens with one attached hydrogen (secondary N) is 1. The summed E-state index contributed by atoms with van der Waals surface area (Å²) >= 11 is 0. The Morgan fingerprint density at radius 1 is 1.31 bits per heavy atom. The highest BCUT2D eigenvalue weighted by molar-refractivity contribution is 5.98. The van der Waals surface area contributed by atoms with Gasteiger partial charge in [-0.25, -0.2) is 0 Å². The summed E-state index contributed by atoms with van der Waals surface area (Å²) in [6, 6.07) is 6.87. The van der Waals surface area contributed by atoms with Crippen LogP contribution < -0.4 is 11.1 Å². The molecule has 0 spiro atoms. The number of carboxylic acid groups (broad SMARTS) is 1. The minimum Gasteiger partial charge on any atom is -0.481 e. The molecule has 0 saturated heterocycles. The topological polar surface area (TPSA) is 92.4 Å². The smallest absolute Gasteiger partial charge is 0.303 e. The van der Waals surface area contributed by atoms with E-state index in [-0.39, 0.29) is 6.42 Å².